The van der Waals surface area contributed by atoms with Crippen molar-refractivity contribution in [3.05, 3.63) is 21.3 Å². The number of hydrogen-bond donors (Lipinski definition) is 1. The van der Waals surface area contributed by atoms with Gasteiger partial charge in [0.1, 0.15) is 0 Å². The van der Waals surface area contributed by atoms with Gasteiger partial charge in [0.25, 0.3) is 0 Å². The molecule has 0 unspecified atom stereocenters. The molecule has 0 radical (unpaired) electrons. The van der Waals surface area contributed by atoms with Crippen molar-refractivity contribution in [3.63, 3.8) is 0 Å². The van der Waals surface area contributed by atoms with Gasteiger partial charge in [0.05, 0.1) is 17.8 Å². The number of halogens is 1. The van der Waals surface area contributed by atoms with Crippen LogP contribution in [0.3, 0.4) is 0 Å². The van der Waals surface area contributed by atoms with Crippen LogP contribution in [0.5, 0.6) is 11.5 Å². The lowest BCUT2D eigenvalue weighted by molar-refractivity contribution is 0.352. The zero-order chi connectivity index (χ0) is 14.3. The maximum atomic E-state index is 5.35. The lowest BCUT2D eigenvalue weighted by atomic mass is 10.2. The van der Waals surface area contributed by atoms with Crippen LogP contribution in [0, 0.1) is 3.57 Å². The van der Waals surface area contributed by atoms with Crippen molar-refractivity contribution in [1.82, 2.24) is 10.2 Å². The molecule has 0 fully saturated rings. The van der Waals surface area contributed by atoms with Crippen molar-refractivity contribution in [2.45, 2.75) is 13.0 Å². The highest BCUT2D eigenvalue weighted by atomic mass is 127. The van der Waals surface area contributed by atoms with Gasteiger partial charge >= 0.3 is 0 Å². The van der Waals surface area contributed by atoms with Crippen LogP contribution < -0.4 is 14.8 Å². The lowest BCUT2D eigenvalue weighted by Gasteiger charge is -2.13. The molecule has 0 aromatic heterocycles. The molecule has 0 spiro atoms. The Morgan fingerprint density at radius 1 is 1.21 bits per heavy atom. The van der Waals surface area contributed by atoms with Crippen LogP contribution in [-0.4, -0.2) is 46.3 Å². The molecule has 0 aliphatic heterocycles. The predicted molar refractivity (Wildman–Crippen MR) is 87.1 cm³/mol. The number of ether oxygens (including phenoxy) is 2. The Balaban J connectivity index is 2.52. The summed E-state index contributed by atoms with van der Waals surface area (Å²) < 4.78 is 11.8. The van der Waals surface area contributed by atoms with Crippen LogP contribution in [-0.2, 0) is 6.54 Å². The first kappa shape index (κ1) is 16.5. The van der Waals surface area contributed by atoms with E-state index < -0.39 is 0 Å². The zero-order valence-corrected chi connectivity index (χ0v) is 14.3. The largest absolute Gasteiger partial charge is 0.493 e. The molecule has 0 saturated carbocycles. The Labute approximate surface area is 129 Å². The summed E-state index contributed by atoms with van der Waals surface area (Å²) in [6.07, 6.45) is 1.15. The third-order valence-corrected chi connectivity index (χ3v) is 3.58. The van der Waals surface area contributed by atoms with Crippen molar-refractivity contribution < 1.29 is 9.47 Å². The van der Waals surface area contributed by atoms with Crippen LogP contribution >= 0.6 is 22.6 Å². The van der Waals surface area contributed by atoms with Crippen LogP contribution in [0.1, 0.15) is 12.0 Å². The third kappa shape index (κ3) is 5.54. The fraction of sp³-hybridized carbons (Fsp3) is 0.571. The number of benzene rings is 1. The van der Waals surface area contributed by atoms with Gasteiger partial charge in [-0.3, -0.25) is 0 Å². The van der Waals surface area contributed by atoms with Gasteiger partial charge in [0, 0.05) is 6.54 Å². The summed E-state index contributed by atoms with van der Waals surface area (Å²) in [6.45, 7) is 2.98. The van der Waals surface area contributed by atoms with E-state index in [4.69, 9.17) is 9.47 Å². The number of rotatable bonds is 8. The highest BCUT2D eigenvalue weighted by Gasteiger charge is 2.09. The van der Waals surface area contributed by atoms with Gasteiger partial charge in [-0.25, -0.2) is 0 Å². The first-order valence-corrected chi connectivity index (χ1v) is 7.42. The Hall–Kier alpha value is -0.530. The lowest BCUT2D eigenvalue weighted by Crippen LogP contribution is -2.21. The van der Waals surface area contributed by atoms with E-state index in [1.807, 2.05) is 6.07 Å². The average molecular weight is 378 g/mol. The monoisotopic (exact) mass is 378 g/mol. The van der Waals surface area contributed by atoms with Crippen molar-refractivity contribution in [1.29, 1.82) is 0 Å². The van der Waals surface area contributed by atoms with E-state index in [1.165, 1.54) is 5.56 Å². The molecular weight excluding hydrogens is 355 g/mol. The SMILES string of the molecule is COc1cc(CNCCCN(C)C)cc(I)c1OC. The maximum Gasteiger partial charge on any atom is 0.174 e. The molecule has 0 aliphatic rings. The smallest absolute Gasteiger partial charge is 0.174 e. The van der Waals surface area contributed by atoms with Gasteiger partial charge in [-0.2, -0.15) is 0 Å². The van der Waals surface area contributed by atoms with Crippen LogP contribution in [0.15, 0.2) is 12.1 Å². The third-order valence-electron chi connectivity index (χ3n) is 2.78. The fourth-order valence-electron chi connectivity index (χ4n) is 1.83. The first-order chi connectivity index (χ1) is 9.08. The van der Waals surface area contributed by atoms with E-state index in [2.05, 4.69) is 53.0 Å². The summed E-state index contributed by atoms with van der Waals surface area (Å²) >= 11 is 2.27. The molecule has 108 valence electrons. The topological polar surface area (TPSA) is 33.7 Å². The molecule has 0 aliphatic carbocycles. The van der Waals surface area contributed by atoms with E-state index in [0.29, 0.717) is 0 Å². The van der Waals surface area contributed by atoms with E-state index in [0.717, 1.165) is 41.1 Å². The number of hydrogen-bond acceptors (Lipinski definition) is 4. The Morgan fingerprint density at radius 3 is 2.53 bits per heavy atom. The normalized spacial score (nSPS) is 10.8. The van der Waals surface area contributed by atoms with Gasteiger partial charge in [0.15, 0.2) is 11.5 Å². The summed E-state index contributed by atoms with van der Waals surface area (Å²) in [5.41, 5.74) is 1.21. The Kier molecular flexibility index (Phi) is 7.48. The Bertz CT molecular complexity index is 397. The molecule has 1 aromatic rings. The van der Waals surface area contributed by atoms with Gasteiger partial charge in [-0.1, -0.05) is 0 Å². The van der Waals surface area contributed by atoms with Gasteiger partial charge in [0.2, 0.25) is 0 Å². The first-order valence-electron chi connectivity index (χ1n) is 6.34. The fourth-order valence-corrected chi connectivity index (χ4v) is 2.71. The number of nitrogens with zero attached hydrogens (tertiary/aromatic N) is 1. The molecule has 4 nitrogen and oxygen atoms in total. The zero-order valence-electron chi connectivity index (χ0n) is 12.1. The van der Waals surface area contributed by atoms with Gasteiger partial charge in [-0.05, 0) is 73.9 Å². The Morgan fingerprint density at radius 2 is 1.95 bits per heavy atom. The molecule has 0 bridgehead atoms. The van der Waals surface area contributed by atoms with Crippen LogP contribution in [0.25, 0.3) is 0 Å². The van der Waals surface area contributed by atoms with E-state index in [1.54, 1.807) is 14.2 Å². The quantitative estimate of drug-likeness (QED) is 0.556. The summed E-state index contributed by atoms with van der Waals surface area (Å²) in [6, 6.07) is 4.15. The molecule has 1 N–H and O–H groups in total. The standard InChI is InChI=1S/C14H23IN2O2/c1-17(2)7-5-6-16-10-11-8-12(15)14(19-4)13(9-11)18-3/h8-9,16H,5-7,10H2,1-4H3. The minimum absolute atomic E-state index is 0.791. The maximum absolute atomic E-state index is 5.35. The number of nitrogens with one attached hydrogen (secondary N) is 1. The molecule has 1 aromatic carbocycles. The summed E-state index contributed by atoms with van der Waals surface area (Å²) in [5, 5.41) is 3.45. The van der Waals surface area contributed by atoms with E-state index in [-0.39, 0.29) is 0 Å². The predicted octanol–water partition coefficient (Wildman–Crippen LogP) is 2.35. The van der Waals surface area contributed by atoms with Crippen LogP contribution in [0.2, 0.25) is 0 Å². The van der Waals surface area contributed by atoms with E-state index >= 15 is 0 Å². The molecule has 0 heterocycles. The molecule has 0 atom stereocenters. The molecule has 1 rings (SSSR count). The summed E-state index contributed by atoms with van der Waals surface area (Å²) in [7, 11) is 7.52. The minimum atomic E-state index is 0.791. The van der Waals surface area contributed by atoms with Gasteiger partial charge in [-0.15, -0.1) is 0 Å². The summed E-state index contributed by atoms with van der Waals surface area (Å²) in [5.74, 6) is 1.60. The molecular formula is C14H23IN2O2. The van der Waals surface area contributed by atoms with Crippen LogP contribution in [0.4, 0.5) is 0 Å². The summed E-state index contributed by atoms with van der Waals surface area (Å²) in [4.78, 5) is 2.20. The highest BCUT2D eigenvalue weighted by molar-refractivity contribution is 14.1. The van der Waals surface area contributed by atoms with Crippen molar-refractivity contribution in [2.24, 2.45) is 0 Å². The molecule has 19 heavy (non-hydrogen) atoms. The minimum Gasteiger partial charge on any atom is -0.493 e. The second kappa shape index (κ2) is 8.60. The highest BCUT2D eigenvalue weighted by Crippen LogP contribution is 2.33. The molecule has 0 amide bonds. The van der Waals surface area contributed by atoms with Gasteiger partial charge < -0.3 is 19.7 Å². The van der Waals surface area contributed by atoms with Crippen molar-refractivity contribution in [3.8, 4) is 11.5 Å². The number of methoxy groups -OCH3 is 2. The van der Waals surface area contributed by atoms with Crippen molar-refractivity contribution in [2.75, 3.05) is 41.4 Å². The second-order valence-corrected chi connectivity index (χ2v) is 5.81. The van der Waals surface area contributed by atoms with E-state index in [9.17, 15) is 0 Å². The second-order valence-electron chi connectivity index (χ2n) is 4.65. The molecule has 5 heteroatoms. The molecule has 0 saturated heterocycles. The van der Waals surface area contributed by atoms with Crippen molar-refractivity contribution >= 4 is 22.6 Å². The average Bonchev–Trinajstić information content (AvgIpc) is 2.37.